The fraction of sp³-hybridized carbons (Fsp3) is 0.882. The highest BCUT2D eigenvalue weighted by atomic mass is 16.5. The molecule has 5 nitrogen and oxygen atoms in total. The van der Waals surface area contributed by atoms with E-state index in [0.29, 0.717) is 32.7 Å². The van der Waals surface area contributed by atoms with Gasteiger partial charge in [0.25, 0.3) is 0 Å². The summed E-state index contributed by atoms with van der Waals surface area (Å²) in [6.07, 6.45) is 6.55. The molecule has 5 heteroatoms. The largest absolute Gasteiger partial charge is 0.381 e. The van der Waals surface area contributed by atoms with E-state index in [2.05, 4.69) is 0 Å². The minimum Gasteiger partial charge on any atom is -0.381 e. The van der Waals surface area contributed by atoms with Gasteiger partial charge in [0.1, 0.15) is 0 Å². The van der Waals surface area contributed by atoms with Crippen molar-refractivity contribution in [1.82, 2.24) is 9.80 Å². The van der Waals surface area contributed by atoms with Gasteiger partial charge in [-0.2, -0.15) is 0 Å². The molecule has 0 aromatic heterocycles. The van der Waals surface area contributed by atoms with E-state index in [0.717, 1.165) is 32.2 Å². The zero-order valence-corrected chi connectivity index (χ0v) is 13.7. The third-order valence-electron chi connectivity index (χ3n) is 5.71. The third kappa shape index (κ3) is 2.87. The van der Waals surface area contributed by atoms with Gasteiger partial charge in [-0.3, -0.25) is 9.59 Å². The van der Waals surface area contributed by atoms with Gasteiger partial charge >= 0.3 is 0 Å². The average Bonchev–Trinajstić information content (AvgIpc) is 3.02. The van der Waals surface area contributed by atoms with Crippen LogP contribution >= 0.6 is 0 Å². The lowest BCUT2D eigenvalue weighted by molar-refractivity contribution is -0.143. The van der Waals surface area contributed by atoms with Crippen molar-refractivity contribution < 1.29 is 14.3 Å². The number of carbonyl (C=O) groups excluding carboxylic acids is 2. The zero-order valence-electron chi connectivity index (χ0n) is 13.7. The van der Waals surface area contributed by atoms with Gasteiger partial charge in [-0.25, -0.2) is 0 Å². The Labute approximate surface area is 133 Å². The van der Waals surface area contributed by atoms with Crippen molar-refractivity contribution in [3.8, 4) is 0 Å². The Morgan fingerprint density at radius 3 is 2.59 bits per heavy atom. The Morgan fingerprint density at radius 2 is 1.95 bits per heavy atom. The van der Waals surface area contributed by atoms with Gasteiger partial charge in [0.15, 0.2) is 0 Å². The van der Waals surface area contributed by atoms with E-state index in [1.807, 2.05) is 16.7 Å². The van der Waals surface area contributed by atoms with E-state index in [1.54, 1.807) is 0 Å². The molecule has 0 atom stereocenters. The maximum atomic E-state index is 12.8. The summed E-state index contributed by atoms with van der Waals surface area (Å²) in [5.41, 5.74) is -0.200. The molecular formula is C17H28N2O3. The summed E-state index contributed by atoms with van der Waals surface area (Å²) < 4.78 is 5.52. The van der Waals surface area contributed by atoms with Gasteiger partial charge in [-0.05, 0) is 32.6 Å². The van der Waals surface area contributed by atoms with Crippen LogP contribution < -0.4 is 0 Å². The topological polar surface area (TPSA) is 49.9 Å². The van der Waals surface area contributed by atoms with E-state index < -0.39 is 0 Å². The lowest BCUT2D eigenvalue weighted by Crippen LogP contribution is -2.59. The van der Waals surface area contributed by atoms with E-state index in [4.69, 9.17) is 4.74 Å². The Bertz CT molecular complexity index is 426. The Kier molecular flexibility index (Phi) is 4.71. The molecular weight excluding hydrogens is 280 g/mol. The molecule has 3 rings (SSSR count). The van der Waals surface area contributed by atoms with E-state index in [1.165, 1.54) is 12.8 Å². The number of hydrogen-bond acceptors (Lipinski definition) is 3. The van der Waals surface area contributed by atoms with Gasteiger partial charge in [0, 0.05) is 45.2 Å². The first-order chi connectivity index (χ1) is 10.7. The maximum absolute atomic E-state index is 12.8. The fourth-order valence-electron chi connectivity index (χ4n) is 4.46. The fourth-order valence-corrected chi connectivity index (χ4v) is 4.46. The van der Waals surface area contributed by atoms with Crippen molar-refractivity contribution >= 4 is 11.8 Å². The number of carbonyl (C=O) groups is 2. The molecule has 0 aromatic rings. The molecule has 0 bridgehead atoms. The number of ether oxygens (including phenoxy) is 1. The SMILES string of the molecule is CCN1C(=O)CCN(C(=O)C2CCCC2)CC12CCOCC2. The quantitative estimate of drug-likeness (QED) is 0.782. The van der Waals surface area contributed by atoms with Crippen LogP contribution in [-0.4, -0.2) is 60.0 Å². The Balaban J connectivity index is 1.81. The third-order valence-corrected chi connectivity index (χ3v) is 5.71. The number of hydrogen-bond donors (Lipinski definition) is 0. The second-order valence-corrected chi connectivity index (χ2v) is 6.97. The molecule has 2 amide bonds. The van der Waals surface area contributed by atoms with Gasteiger partial charge in [0.05, 0.1) is 5.54 Å². The first-order valence-corrected chi connectivity index (χ1v) is 8.83. The van der Waals surface area contributed by atoms with E-state index >= 15 is 0 Å². The molecule has 0 radical (unpaired) electrons. The van der Waals surface area contributed by atoms with Gasteiger partial charge in [-0.15, -0.1) is 0 Å². The summed E-state index contributed by atoms with van der Waals surface area (Å²) in [4.78, 5) is 29.4. The van der Waals surface area contributed by atoms with Crippen LogP contribution in [0.25, 0.3) is 0 Å². The molecule has 1 saturated carbocycles. The molecule has 2 heterocycles. The molecule has 0 aromatic carbocycles. The predicted molar refractivity (Wildman–Crippen MR) is 83.3 cm³/mol. The van der Waals surface area contributed by atoms with Crippen LogP contribution in [0.2, 0.25) is 0 Å². The van der Waals surface area contributed by atoms with Crippen LogP contribution in [0.1, 0.15) is 51.9 Å². The van der Waals surface area contributed by atoms with Crippen LogP contribution in [0.3, 0.4) is 0 Å². The van der Waals surface area contributed by atoms with Crippen molar-refractivity contribution in [2.24, 2.45) is 5.92 Å². The van der Waals surface area contributed by atoms with Gasteiger partial charge < -0.3 is 14.5 Å². The van der Waals surface area contributed by atoms with Crippen molar-refractivity contribution in [2.45, 2.75) is 57.4 Å². The average molecular weight is 308 g/mol. The van der Waals surface area contributed by atoms with Gasteiger partial charge in [0.2, 0.25) is 11.8 Å². The summed E-state index contributed by atoms with van der Waals surface area (Å²) in [7, 11) is 0. The van der Waals surface area contributed by atoms with Crippen LogP contribution in [0.4, 0.5) is 0 Å². The molecule has 2 aliphatic heterocycles. The normalized spacial score (nSPS) is 26.5. The van der Waals surface area contributed by atoms with Crippen LogP contribution in [-0.2, 0) is 14.3 Å². The first-order valence-electron chi connectivity index (χ1n) is 8.83. The van der Waals surface area contributed by atoms with Gasteiger partial charge in [-0.1, -0.05) is 12.8 Å². The molecule has 22 heavy (non-hydrogen) atoms. The Morgan fingerprint density at radius 1 is 1.27 bits per heavy atom. The van der Waals surface area contributed by atoms with E-state index in [9.17, 15) is 9.59 Å². The van der Waals surface area contributed by atoms with E-state index in [-0.39, 0.29) is 23.3 Å². The number of amides is 2. The smallest absolute Gasteiger partial charge is 0.225 e. The Hall–Kier alpha value is -1.10. The maximum Gasteiger partial charge on any atom is 0.225 e. The standard InChI is InChI=1S/C17H28N2O3/c1-2-19-15(20)7-10-18(16(21)14-5-3-4-6-14)13-17(19)8-11-22-12-9-17/h14H,2-13H2,1H3. The molecule has 1 aliphatic carbocycles. The molecule has 3 fully saturated rings. The summed E-state index contributed by atoms with van der Waals surface area (Å²) >= 11 is 0. The van der Waals surface area contributed by atoms with Crippen molar-refractivity contribution in [3.05, 3.63) is 0 Å². The van der Waals surface area contributed by atoms with Crippen LogP contribution in [0.15, 0.2) is 0 Å². The van der Waals surface area contributed by atoms with Crippen LogP contribution in [0.5, 0.6) is 0 Å². The highest BCUT2D eigenvalue weighted by molar-refractivity contribution is 5.82. The predicted octanol–water partition coefficient (Wildman–Crippen LogP) is 1.81. The molecule has 124 valence electrons. The molecule has 0 unspecified atom stereocenters. The summed E-state index contributed by atoms with van der Waals surface area (Å²) in [6.45, 7) is 5.44. The highest BCUT2D eigenvalue weighted by Crippen LogP contribution is 2.34. The lowest BCUT2D eigenvalue weighted by atomic mass is 9.87. The second kappa shape index (κ2) is 6.57. The molecule has 2 saturated heterocycles. The molecule has 0 N–H and O–H groups in total. The summed E-state index contributed by atoms with van der Waals surface area (Å²) in [5.74, 6) is 0.681. The number of nitrogens with zero attached hydrogens (tertiary/aromatic N) is 2. The summed E-state index contributed by atoms with van der Waals surface area (Å²) in [5, 5.41) is 0. The van der Waals surface area contributed by atoms with Crippen molar-refractivity contribution in [2.75, 3.05) is 32.8 Å². The first kappa shape index (κ1) is 15.8. The molecule has 1 spiro atoms. The number of rotatable bonds is 2. The minimum atomic E-state index is -0.200. The summed E-state index contributed by atoms with van der Waals surface area (Å²) in [6, 6.07) is 0. The minimum absolute atomic E-state index is 0.195. The highest BCUT2D eigenvalue weighted by Gasteiger charge is 2.45. The second-order valence-electron chi connectivity index (χ2n) is 6.97. The number of likely N-dealkylation sites (N-methyl/N-ethyl adjacent to an activating group) is 1. The van der Waals surface area contributed by atoms with Crippen LogP contribution in [0, 0.1) is 5.92 Å². The lowest BCUT2D eigenvalue weighted by Gasteiger charge is -2.46. The zero-order chi connectivity index (χ0) is 15.6. The monoisotopic (exact) mass is 308 g/mol. The van der Waals surface area contributed by atoms with Crippen molar-refractivity contribution in [1.29, 1.82) is 0 Å². The molecule has 3 aliphatic rings. The van der Waals surface area contributed by atoms with Crippen molar-refractivity contribution in [3.63, 3.8) is 0 Å².